The Bertz CT molecular complexity index is 1100. The van der Waals surface area contributed by atoms with Gasteiger partial charge in [0.25, 0.3) is 5.56 Å². The highest BCUT2D eigenvalue weighted by Crippen LogP contribution is 2.33. The van der Waals surface area contributed by atoms with Crippen LogP contribution >= 0.6 is 11.3 Å². The number of nitrogens with zero attached hydrogens (tertiary/aromatic N) is 4. The predicted octanol–water partition coefficient (Wildman–Crippen LogP) is 3.35. The third-order valence-corrected chi connectivity index (χ3v) is 5.08. The minimum atomic E-state index is -0.0962. The monoisotopic (exact) mass is 336 g/mol. The van der Waals surface area contributed by atoms with E-state index in [1.165, 1.54) is 9.56 Å². The van der Waals surface area contributed by atoms with Gasteiger partial charge >= 0.3 is 0 Å². The molecule has 6 heteroatoms. The molecule has 0 aliphatic heterocycles. The number of rotatable bonds is 4. The number of hydrogen-bond donors (Lipinski definition) is 0. The highest BCUT2D eigenvalue weighted by Gasteiger charge is 2.17. The lowest BCUT2D eigenvalue weighted by atomic mass is 10.3. The normalized spacial score (nSPS) is 11.4. The van der Waals surface area contributed by atoms with Crippen LogP contribution in [0.5, 0.6) is 0 Å². The van der Waals surface area contributed by atoms with E-state index in [0.29, 0.717) is 18.6 Å². The van der Waals surface area contributed by atoms with Gasteiger partial charge in [-0.2, -0.15) is 5.10 Å². The van der Waals surface area contributed by atoms with E-state index in [4.69, 9.17) is 0 Å². The maximum absolute atomic E-state index is 13.0. The number of hydrogen-bond acceptors (Lipinski definition) is 4. The molecule has 4 rings (SSSR count). The first kappa shape index (κ1) is 14.8. The number of allylic oxidation sites excluding steroid dienone is 1. The minimum Gasteiger partial charge on any atom is -0.331 e. The summed E-state index contributed by atoms with van der Waals surface area (Å²) in [7, 11) is 0. The molecule has 0 saturated heterocycles. The number of pyridine rings is 1. The summed E-state index contributed by atoms with van der Waals surface area (Å²) in [6.07, 6.45) is 5.32. The quantitative estimate of drug-likeness (QED) is 0.537. The molecule has 0 aliphatic rings. The highest BCUT2D eigenvalue weighted by molar-refractivity contribution is 7.20. The van der Waals surface area contributed by atoms with Crippen LogP contribution in [0.15, 0.2) is 54.1 Å². The minimum absolute atomic E-state index is 0.0962. The van der Waals surface area contributed by atoms with Crippen LogP contribution in [0.2, 0.25) is 0 Å². The molecule has 24 heavy (non-hydrogen) atoms. The molecule has 0 N–H and O–H groups in total. The van der Waals surface area contributed by atoms with Gasteiger partial charge in [0.2, 0.25) is 0 Å². The van der Waals surface area contributed by atoms with E-state index in [0.717, 1.165) is 21.3 Å². The average Bonchev–Trinajstić information content (AvgIpc) is 3.09. The van der Waals surface area contributed by atoms with Gasteiger partial charge in [-0.25, -0.2) is 4.68 Å². The second-order valence-electron chi connectivity index (χ2n) is 5.66. The second kappa shape index (κ2) is 5.72. The van der Waals surface area contributed by atoms with Crippen molar-refractivity contribution in [3.8, 4) is 0 Å². The van der Waals surface area contributed by atoms with E-state index >= 15 is 0 Å². The molecule has 4 aromatic heterocycles. The fourth-order valence-electron chi connectivity index (χ4n) is 3.00. The van der Waals surface area contributed by atoms with Crippen LogP contribution in [0, 0.1) is 6.92 Å². The maximum atomic E-state index is 13.0. The van der Waals surface area contributed by atoms with Crippen molar-refractivity contribution in [2.45, 2.75) is 20.0 Å². The first-order valence-corrected chi connectivity index (χ1v) is 8.50. The van der Waals surface area contributed by atoms with Gasteiger partial charge in [-0.1, -0.05) is 12.1 Å². The van der Waals surface area contributed by atoms with Crippen molar-refractivity contribution < 1.29 is 0 Å². The predicted molar refractivity (Wildman–Crippen MR) is 97.6 cm³/mol. The van der Waals surface area contributed by atoms with Gasteiger partial charge in [-0.05, 0) is 25.1 Å². The Morgan fingerprint density at radius 1 is 1.38 bits per heavy atom. The van der Waals surface area contributed by atoms with Gasteiger partial charge in [0, 0.05) is 23.0 Å². The van der Waals surface area contributed by atoms with Gasteiger partial charge in [-0.15, -0.1) is 17.9 Å². The van der Waals surface area contributed by atoms with Crippen molar-refractivity contribution in [2.24, 2.45) is 0 Å². The van der Waals surface area contributed by atoms with E-state index in [2.05, 4.69) is 29.7 Å². The molecular formula is C18H16N4OS. The Morgan fingerprint density at radius 2 is 2.25 bits per heavy atom. The van der Waals surface area contributed by atoms with Gasteiger partial charge < -0.3 is 4.57 Å². The molecule has 0 aromatic carbocycles. The van der Waals surface area contributed by atoms with E-state index < -0.39 is 0 Å². The average molecular weight is 336 g/mol. The molecule has 4 aromatic rings. The SMILES string of the molecule is C=CCn1c2cc(C)sc2c2cnn(Cc3ccccn3)c(=O)c21. The first-order chi connectivity index (χ1) is 11.7. The lowest BCUT2D eigenvalue weighted by molar-refractivity contribution is 0.632. The Kier molecular flexibility index (Phi) is 3.54. The zero-order chi connectivity index (χ0) is 16.7. The first-order valence-electron chi connectivity index (χ1n) is 7.68. The molecule has 0 saturated carbocycles. The Balaban J connectivity index is 1.96. The number of fused-ring (bicyclic) bond motifs is 3. The van der Waals surface area contributed by atoms with Crippen molar-refractivity contribution in [1.82, 2.24) is 19.3 Å². The Hall–Kier alpha value is -2.73. The van der Waals surface area contributed by atoms with E-state index in [9.17, 15) is 4.79 Å². The van der Waals surface area contributed by atoms with Crippen LogP contribution in [0.3, 0.4) is 0 Å². The van der Waals surface area contributed by atoms with Crippen molar-refractivity contribution in [3.05, 3.63) is 70.2 Å². The van der Waals surface area contributed by atoms with Crippen molar-refractivity contribution in [1.29, 1.82) is 0 Å². The molecule has 0 bridgehead atoms. The van der Waals surface area contributed by atoms with Crippen LogP contribution in [-0.2, 0) is 13.1 Å². The Labute approximate surface area is 142 Å². The summed E-state index contributed by atoms with van der Waals surface area (Å²) >= 11 is 1.69. The molecule has 120 valence electrons. The molecule has 0 radical (unpaired) electrons. The fourth-order valence-corrected chi connectivity index (χ4v) is 4.02. The Morgan fingerprint density at radius 3 is 3.00 bits per heavy atom. The topological polar surface area (TPSA) is 52.7 Å². The lowest BCUT2D eigenvalue weighted by Gasteiger charge is -2.06. The van der Waals surface area contributed by atoms with Crippen LogP contribution < -0.4 is 5.56 Å². The zero-order valence-electron chi connectivity index (χ0n) is 13.3. The van der Waals surface area contributed by atoms with Crippen molar-refractivity contribution in [2.75, 3.05) is 0 Å². The lowest BCUT2D eigenvalue weighted by Crippen LogP contribution is -2.25. The zero-order valence-corrected chi connectivity index (χ0v) is 14.1. The van der Waals surface area contributed by atoms with E-state index in [1.807, 2.05) is 28.8 Å². The van der Waals surface area contributed by atoms with Crippen molar-refractivity contribution in [3.63, 3.8) is 0 Å². The van der Waals surface area contributed by atoms with Crippen LogP contribution in [0.4, 0.5) is 0 Å². The second-order valence-corrected chi connectivity index (χ2v) is 6.92. The summed E-state index contributed by atoms with van der Waals surface area (Å²) in [6, 6.07) is 7.77. The number of aromatic nitrogens is 4. The summed E-state index contributed by atoms with van der Waals surface area (Å²) < 4.78 is 4.61. The van der Waals surface area contributed by atoms with Gasteiger partial charge in [0.05, 0.1) is 28.7 Å². The standard InChI is InChI=1S/C18H16N4OS/c1-3-8-21-15-9-12(2)24-17(15)14-10-20-22(18(23)16(14)21)11-13-6-4-5-7-19-13/h3-7,9-10H,1,8,11H2,2H3. The van der Waals surface area contributed by atoms with Gasteiger partial charge in [-0.3, -0.25) is 9.78 Å². The van der Waals surface area contributed by atoms with Crippen LogP contribution in [-0.4, -0.2) is 19.3 Å². The van der Waals surface area contributed by atoms with Crippen LogP contribution in [0.25, 0.3) is 21.1 Å². The summed E-state index contributed by atoms with van der Waals surface area (Å²) in [5.74, 6) is 0. The van der Waals surface area contributed by atoms with Crippen LogP contribution in [0.1, 0.15) is 10.6 Å². The molecule has 0 spiro atoms. The number of aryl methyl sites for hydroxylation is 1. The molecule has 0 fully saturated rings. The summed E-state index contributed by atoms with van der Waals surface area (Å²) in [6.45, 7) is 6.86. The summed E-state index contributed by atoms with van der Waals surface area (Å²) in [4.78, 5) is 18.5. The highest BCUT2D eigenvalue weighted by atomic mass is 32.1. The number of thiophene rings is 1. The fraction of sp³-hybridized carbons (Fsp3) is 0.167. The molecular weight excluding hydrogens is 320 g/mol. The summed E-state index contributed by atoms with van der Waals surface area (Å²) in [5.41, 5.74) is 2.47. The molecule has 0 atom stereocenters. The molecule has 0 amide bonds. The third kappa shape index (κ3) is 2.27. The molecule has 0 aliphatic carbocycles. The van der Waals surface area contributed by atoms with E-state index in [-0.39, 0.29) is 5.56 Å². The summed E-state index contributed by atoms with van der Waals surface area (Å²) in [5, 5.41) is 5.28. The molecule has 5 nitrogen and oxygen atoms in total. The smallest absolute Gasteiger partial charge is 0.291 e. The maximum Gasteiger partial charge on any atom is 0.291 e. The third-order valence-electron chi connectivity index (χ3n) is 4.01. The van der Waals surface area contributed by atoms with Gasteiger partial charge in [0.15, 0.2) is 0 Å². The molecule has 4 heterocycles. The van der Waals surface area contributed by atoms with Crippen molar-refractivity contribution >= 4 is 32.5 Å². The largest absolute Gasteiger partial charge is 0.331 e. The van der Waals surface area contributed by atoms with Gasteiger partial charge in [0.1, 0.15) is 5.52 Å². The molecule has 0 unspecified atom stereocenters. The van der Waals surface area contributed by atoms with E-state index in [1.54, 1.807) is 23.7 Å².